The number of ether oxygens (including phenoxy) is 2. The number of aryl methyl sites for hydroxylation is 1. The van der Waals surface area contributed by atoms with Crippen molar-refractivity contribution in [2.24, 2.45) is 0 Å². The van der Waals surface area contributed by atoms with Gasteiger partial charge in [-0.3, -0.25) is 14.4 Å². The number of carbonyl (C=O) groups is 2. The lowest BCUT2D eigenvalue weighted by Crippen LogP contribution is -2.51. The molecule has 0 atom stereocenters. The Bertz CT molecular complexity index is 2130. The number of fused-ring (bicyclic) bond motifs is 2. The molecule has 7 rings (SSSR count). The lowest BCUT2D eigenvalue weighted by molar-refractivity contribution is -0.137. The van der Waals surface area contributed by atoms with Crippen LogP contribution in [-0.4, -0.2) is 92.0 Å². The summed E-state index contributed by atoms with van der Waals surface area (Å²) < 4.78 is 53.5. The number of pyridine rings is 1. The quantitative estimate of drug-likeness (QED) is 0.292. The van der Waals surface area contributed by atoms with Crippen molar-refractivity contribution in [1.29, 1.82) is 0 Å². The van der Waals surface area contributed by atoms with Crippen LogP contribution < -0.4 is 20.5 Å². The van der Waals surface area contributed by atoms with Gasteiger partial charge in [0.1, 0.15) is 12.2 Å². The number of nitrogens with zero attached hydrogens (tertiary/aromatic N) is 7. The number of halogens is 3. The van der Waals surface area contributed by atoms with Crippen LogP contribution in [0.15, 0.2) is 35.3 Å². The smallest absolute Gasteiger partial charge is 0.416 e. The van der Waals surface area contributed by atoms with E-state index in [4.69, 9.17) is 9.47 Å². The molecule has 3 aromatic heterocycles. The minimum atomic E-state index is -4.53. The van der Waals surface area contributed by atoms with Crippen LogP contribution in [0.25, 0.3) is 11.4 Å². The van der Waals surface area contributed by atoms with Crippen molar-refractivity contribution >= 4 is 34.5 Å². The summed E-state index contributed by atoms with van der Waals surface area (Å²) in [4.78, 5) is 53.5. The Morgan fingerprint density at radius 1 is 1.10 bits per heavy atom. The summed E-state index contributed by atoms with van der Waals surface area (Å²) in [6.45, 7) is 5.15. The Balaban J connectivity index is 1.21. The van der Waals surface area contributed by atoms with E-state index >= 15 is 0 Å². The van der Waals surface area contributed by atoms with Gasteiger partial charge in [-0.25, -0.2) is 4.98 Å². The summed E-state index contributed by atoms with van der Waals surface area (Å²) in [6.07, 6.45) is 0.293. The third-order valence-electron chi connectivity index (χ3n) is 9.32. The summed E-state index contributed by atoms with van der Waals surface area (Å²) in [6, 6.07) is 3.08. The number of amides is 2. The van der Waals surface area contributed by atoms with Gasteiger partial charge in [0.15, 0.2) is 23.0 Å². The van der Waals surface area contributed by atoms with E-state index in [9.17, 15) is 32.7 Å². The van der Waals surface area contributed by atoms with Gasteiger partial charge in [-0.2, -0.15) is 22.7 Å². The Hall–Kier alpha value is -5.45. The molecule has 51 heavy (non-hydrogen) atoms. The SMILES string of the molecule is CCc1c(N2CCN(C(=O)c3ncc4c(c3O)OCC4)CC2)c(=O)n2nc(C3=CCOCC3)nc2n1CC(=O)Nc1ccc(C(F)(F)F)cc1C. The van der Waals surface area contributed by atoms with E-state index in [1.165, 1.54) is 23.7 Å². The highest BCUT2D eigenvalue weighted by Crippen LogP contribution is 2.37. The molecule has 0 aliphatic carbocycles. The highest BCUT2D eigenvalue weighted by Gasteiger charge is 2.33. The number of carbonyl (C=O) groups excluding carboxylic acids is 2. The van der Waals surface area contributed by atoms with Gasteiger partial charge in [0.05, 0.1) is 31.1 Å². The number of rotatable bonds is 7. The zero-order valence-electron chi connectivity index (χ0n) is 27.9. The monoisotopic (exact) mass is 708 g/mol. The van der Waals surface area contributed by atoms with E-state index in [0.717, 1.165) is 23.3 Å². The van der Waals surface area contributed by atoms with E-state index in [1.807, 2.05) is 17.9 Å². The topological polar surface area (TPSA) is 156 Å². The van der Waals surface area contributed by atoms with Crippen LogP contribution in [-0.2, 0) is 35.1 Å². The fraction of sp³-hybridized carbons (Fsp3) is 0.412. The second-order valence-electron chi connectivity index (χ2n) is 12.5. The maximum Gasteiger partial charge on any atom is 0.416 e. The summed E-state index contributed by atoms with van der Waals surface area (Å²) in [5.41, 5.74) is 1.40. The van der Waals surface area contributed by atoms with Crippen molar-refractivity contribution in [3.63, 3.8) is 0 Å². The molecule has 3 aliphatic heterocycles. The van der Waals surface area contributed by atoms with Gasteiger partial charge in [-0.1, -0.05) is 13.0 Å². The molecule has 0 bridgehead atoms. The summed E-state index contributed by atoms with van der Waals surface area (Å²) in [5.74, 6) is -0.560. The van der Waals surface area contributed by atoms with E-state index in [0.29, 0.717) is 56.3 Å². The van der Waals surface area contributed by atoms with E-state index in [2.05, 4.69) is 20.4 Å². The minimum absolute atomic E-state index is 0.103. The number of alkyl halides is 3. The maximum absolute atomic E-state index is 14.2. The second kappa shape index (κ2) is 13.4. The zero-order chi connectivity index (χ0) is 36.0. The molecule has 6 heterocycles. The van der Waals surface area contributed by atoms with Crippen molar-refractivity contribution < 1.29 is 37.3 Å². The standard InChI is InChI=1S/C34H35F3N8O6/c1-3-24-27(42-9-11-43(12-10-42)31(48)26-28(47)29-21(17-38-26)8-15-51-29)32(49)45-33(40-30(41-45)20-6-13-50-14-7-20)44(24)18-25(46)39-23-5-4-22(16-19(23)2)34(35,36)37/h4-6,16-17,47H,3,7-15,18H2,1-2H3,(H,39,46). The first-order valence-corrected chi connectivity index (χ1v) is 16.6. The molecule has 1 fully saturated rings. The Labute approximate surface area is 289 Å². The number of benzene rings is 1. The number of hydrogen-bond acceptors (Lipinski definition) is 10. The fourth-order valence-electron chi connectivity index (χ4n) is 6.67. The average molecular weight is 709 g/mol. The molecular formula is C34H35F3N8O6. The van der Waals surface area contributed by atoms with Gasteiger partial charge < -0.3 is 34.3 Å². The van der Waals surface area contributed by atoms with Crippen molar-refractivity contribution in [1.82, 2.24) is 29.0 Å². The van der Waals surface area contributed by atoms with E-state index < -0.39 is 29.1 Å². The first kappa shape index (κ1) is 34.0. The molecule has 0 saturated carbocycles. The summed E-state index contributed by atoms with van der Waals surface area (Å²) in [5, 5.41) is 18.0. The normalized spacial score (nSPS) is 16.2. The minimum Gasteiger partial charge on any atom is -0.503 e. The van der Waals surface area contributed by atoms with Crippen LogP contribution in [0.5, 0.6) is 11.5 Å². The molecule has 0 unspecified atom stereocenters. The third kappa shape index (κ3) is 6.37. The Kier molecular flexibility index (Phi) is 8.91. The molecule has 3 aliphatic rings. The second-order valence-corrected chi connectivity index (χ2v) is 12.5. The van der Waals surface area contributed by atoms with Crippen LogP contribution in [0.3, 0.4) is 0 Å². The molecule has 1 aromatic carbocycles. The van der Waals surface area contributed by atoms with Crippen LogP contribution in [0.1, 0.15) is 52.0 Å². The molecule has 17 heteroatoms. The first-order valence-electron chi connectivity index (χ1n) is 16.6. The third-order valence-corrected chi connectivity index (χ3v) is 9.32. The largest absolute Gasteiger partial charge is 0.503 e. The number of hydrogen-bond donors (Lipinski definition) is 2. The molecule has 1 saturated heterocycles. The van der Waals surface area contributed by atoms with E-state index in [-0.39, 0.29) is 66.9 Å². The van der Waals surface area contributed by atoms with Crippen molar-refractivity contribution in [3.8, 4) is 11.5 Å². The van der Waals surface area contributed by atoms with Crippen molar-refractivity contribution in [2.45, 2.75) is 45.8 Å². The zero-order valence-corrected chi connectivity index (χ0v) is 27.9. The van der Waals surface area contributed by atoms with E-state index in [1.54, 1.807) is 9.47 Å². The lowest BCUT2D eigenvalue weighted by atomic mass is 10.1. The molecule has 0 radical (unpaired) electrons. The molecule has 14 nitrogen and oxygen atoms in total. The fourth-order valence-corrected chi connectivity index (χ4v) is 6.67. The predicted molar refractivity (Wildman–Crippen MR) is 178 cm³/mol. The molecule has 4 aromatic rings. The van der Waals surface area contributed by atoms with Gasteiger partial charge in [0, 0.05) is 50.0 Å². The van der Waals surface area contributed by atoms with Crippen molar-refractivity contribution in [2.75, 3.05) is 56.2 Å². The van der Waals surface area contributed by atoms with Crippen LogP contribution >= 0.6 is 0 Å². The maximum atomic E-state index is 14.2. The number of aromatic hydroxyl groups is 1. The highest BCUT2D eigenvalue weighted by molar-refractivity contribution is 5.96. The number of piperazine rings is 1. The first-order chi connectivity index (χ1) is 24.4. The van der Waals surface area contributed by atoms with Gasteiger partial charge in [-0.15, -0.1) is 5.10 Å². The Morgan fingerprint density at radius 2 is 1.88 bits per heavy atom. The molecule has 2 amide bonds. The van der Waals surface area contributed by atoms with Crippen molar-refractivity contribution in [3.05, 3.63) is 74.7 Å². The highest BCUT2D eigenvalue weighted by atomic mass is 19.4. The van der Waals surface area contributed by atoms with Gasteiger partial charge in [0.2, 0.25) is 11.7 Å². The average Bonchev–Trinajstić information content (AvgIpc) is 3.79. The van der Waals surface area contributed by atoms with Crippen LogP contribution in [0, 0.1) is 6.92 Å². The van der Waals surface area contributed by atoms with Gasteiger partial charge in [-0.05, 0) is 49.1 Å². The summed E-state index contributed by atoms with van der Waals surface area (Å²) >= 11 is 0. The number of aromatic nitrogens is 5. The van der Waals surface area contributed by atoms with Crippen LogP contribution in [0.4, 0.5) is 24.5 Å². The number of anilines is 2. The summed E-state index contributed by atoms with van der Waals surface area (Å²) in [7, 11) is 0. The van der Waals surface area contributed by atoms with Gasteiger partial charge in [0.25, 0.3) is 11.5 Å². The Morgan fingerprint density at radius 3 is 2.57 bits per heavy atom. The molecule has 268 valence electrons. The van der Waals surface area contributed by atoms with Crippen LogP contribution in [0.2, 0.25) is 0 Å². The number of nitrogens with one attached hydrogen (secondary N) is 1. The molecular weight excluding hydrogens is 673 g/mol. The lowest BCUT2D eigenvalue weighted by Gasteiger charge is -2.36. The molecule has 2 N–H and O–H groups in total. The van der Waals surface area contributed by atoms with Gasteiger partial charge >= 0.3 is 6.18 Å². The predicted octanol–water partition coefficient (Wildman–Crippen LogP) is 3.22. The molecule has 0 spiro atoms.